The van der Waals surface area contributed by atoms with Gasteiger partial charge in [-0.1, -0.05) is 48.5 Å². The van der Waals surface area contributed by atoms with Crippen LogP contribution in [0.15, 0.2) is 79.1 Å². The average Bonchev–Trinajstić information content (AvgIpc) is 2.94. The molecule has 176 valence electrons. The second kappa shape index (κ2) is 10.5. The molecule has 35 heavy (non-hydrogen) atoms. The first-order chi connectivity index (χ1) is 17.2. The Morgan fingerprint density at radius 3 is 2.26 bits per heavy atom. The van der Waals surface area contributed by atoms with Crippen molar-refractivity contribution in [3.05, 3.63) is 90.4 Å². The number of ether oxygens (including phenoxy) is 1. The zero-order valence-electron chi connectivity index (χ0n) is 19.1. The van der Waals surface area contributed by atoms with Crippen LogP contribution >= 0.6 is 0 Å². The lowest BCUT2D eigenvalue weighted by Crippen LogP contribution is -2.35. The SMILES string of the molecule is O=C(NO)c1cc(-c2ccc(-c3ccc(CN4CCOCC4)cc3)cc2)nc(-c2cccnc2)n1. The zero-order valence-corrected chi connectivity index (χ0v) is 19.1. The van der Waals surface area contributed by atoms with Gasteiger partial charge in [0, 0.05) is 43.2 Å². The Labute approximate surface area is 203 Å². The van der Waals surface area contributed by atoms with E-state index in [1.54, 1.807) is 30.0 Å². The van der Waals surface area contributed by atoms with Gasteiger partial charge in [0.05, 0.1) is 18.9 Å². The van der Waals surface area contributed by atoms with E-state index in [1.807, 2.05) is 30.3 Å². The van der Waals surface area contributed by atoms with E-state index in [0.29, 0.717) is 17.1 Å². The maximum Gasteiger partial charge on any atom is 0.293 e. The number of rotatable bonds is 6. The van der Waals surface area contributed by atoms with Crippen LogP contribution in [0.3, 0.4) is 0 Å². The van der Waals surface area contributed by atoms with E-state index < -0.39 is 5.91 Å². The van der Waals surface area contributed by atoms with Crippen molar-refractivity contribution in [2.24, 2.45) is 0 Å². The number of nitrogens with zero attached hydrogens (tertiary/aromatic N) is 4. The smallest absolute Gasteiger partial charge is 0.293 e. The van der Waals surface area contributed by atoms with Crippen LogP contribution in [0.5, 0.6) is 0 Å². The number of hydroxylamine groups is 1. The van der Waals surface area contributed by atoms with Crippen molar-refractivity contribution >= 4 is 5.91 Å². The van der Waals surface area contributed by atoms with Crippen molar-refractivity contribution in [2.75, 3.05) is 26.3 Å². The highest BCUT2D eigenvalue weighted by Gasteiger charge is 2.14. The molecular weight excluding hydrogens is 442 g/mol. The maximum atomic E-state index is 12.1. The summed E-state index contributed by atoms with van der Waals surface area (Å²) in [6.07, 6.45) is 3.29. The average molecular weight is 468 g/mol. The Bertz CT molecular complexity index is 1290. The van der Waals surface area contributed by atoms with Crippen LogP contribution in [-0.2, 0) is 11.3 Å². The van der Waals surface area contributed by atoms with Crippen molar-refractivity contribution in [3.8, 4) is 33.8 Å². The summed E-state index contributed by atoms with van der Waals surface area (Å²) in [6, 6.07) is 21.8. The third-order valence-corrected chi connectivity index (χ3v) is 5.96. The van der Waals surface area contributed by atoms with Crippen LogP contribution in [-0.4, -0.2) is 57.3 Å². The van der Waals surface area contributed by atoms with E-state index in [-0.39, 0.29) is 5.69 Å². The number of hydrogen-bond acceptors (Lipinski definition) is 7. The summed E-state index contributed by atoms with van der Waals surface area (Å²) in [5, 5.41) is 9.10. The lowest BCUT2D eigenvalue weighted by Gasteiger charge is -2.26. The molecule has 0 atom stereocenters. The second-order valence-electron chi connectivity index (χ2n) is 8.31. The van der Waals surface area contributed by atoms with Gasteiger partial charge in [-0.15, -0.1) is 0 Å². The molecule has 1 aliphatic heterocycles. The number of morpholine rings is 1. The number of hydrogen-bond donors (Lipinski definition) is 2. The predicted octanol–water partition coefficient (Wildman–Crippen LogP) is 3.82. The fraction of sp³-hybridized carbons (Fsp3) is 0.185. The Morgan fingerprint density at radius 2 is 1.60 bits per heavy atom. The number of amides is 1. The van der Waals surface area contributed by atoms with Crippen LogP contribution in [0.1, 0.15) is 16.1 Å². The van der Waals surface area contributed by atoms with Crippen molar-refractivity contribution in [1.82, 2.24) is 25.3 Å². The fourth-order valence-corrected chi connectivity index (χ4v) is 4.05. The highest BCUT2D eigenvalue weighted by atomic mass is 16.5. The van der Waals surface area contributed by atoms with Crippen LogP contribution in [0.2, 0.25) is 0 Å². The first-order valence-corrected chi connectivity index (χ1v) is 11.4. The van der Waals surface area contributed by atoms with Crippen molar-refractivity contribution in [2.45, 2.75) is 6.54 Å². The molecule has 0 aliphatic carbocycles. The summed E-state index contributed by atoms with van der Waals surface area (Å²) in [5.41, 5.74) is 7.29. The minimum atomic E-state index is -0.701. The Balaban J connectivity index is 1.38. The van der Waals surface area contributed by atoms with E-state index in [1.165, 1.54) is 5.56 Å². The maximum absolute atomic E-state index is 12.1. The van der Waals surface area contributed by atoms with Crippen molar-refractivity contribution in [3.63, 3.8) is 0 Å². The molecule has 1 fully saturated rings. The Morgan fingerprint density at radius 1 is 0.914 bits per heavy atom. The number of nitrogens with one attached hydrogen (secondary N) is 1. The molecule has 2 aromatic heterocycles. The van der Waals surface area contributed by atoms with Crippen LogP contribution < -0.4 is 5.48 Å². The number of carbonyl (C=O) groups is 1. The van der Waals surface area contributed by atoms with Gasteiger partial charge in [-0.2, -0.15) is 0 Å². The molecule has 0 saturated carbocycles. The summed E-state index contributed by atoms with van der Waals surface area (Å²) >= 11 is 0. The summed E-state index contributed by atoms with van der Waals surface area (Å²) in [7, 11) is 0. The molecule has 8 nitrogen and oxygen atoms in total. The summed E-state index contributed by atoms with van der Waals surface area (Å²) in [6.45, 7) is 4.46. The number of benzene rings is 2. The predicted molar refractivity (Wildman–Crippen MR) is 131 cm³/mol. The number of aromatic nitrogens is 3. The summed E-state index contributed by atoms with van der Waals surface area (Å²) in [4.78, 5) is 27.5. The zero-order chi connectivity index (χ0) is 24.0. The molecule has 0 bridgehead atoms. The van der Waals surface area contributed by atoms with Gasteiger partial charge in [-0.25, -0.2) is 15.4 Å². The van der Waals surface area contributed by atoms with Crippen LogP contribution in [0.25, 0.3) is 33.8 Å². The van der Waals surface area contributed by atoms with Gasteiger partial charge in [0.25, 0.3) is 5.91 Å². The molecule has 8 heteroatoms. The van der Waals surface area contributed by atoms with Gasteiger partial charge >= 0.3 is 0 Å². The lowest BCUT2D eigenvalue weighted by atomic mass is 10.0. The van der Waals surface area contributed by atoms with Crippen molar-refractivity contribution < 1.29 is 14.7 Å². The normalized spacial score (nSPS) is 14.0. The topological polar surface area (TPSA) is 100 Å². The summed E-state index contributed by atoms with van der Waals surface area (Å²) in [5.74, 6) is -0.346. The first kappa shape index (κ1) is 22.8. The summed E-state index contributed by atoms with van der Waals surface area (Å²) < 4.78 is 5.43. The number of carbonyl (C=O) groups excluding carboxylic acids is 1. The van der Waals surface area contributed by atoms with Gasteiger partial charge < -0.3 is 4.74 Å². The van der Waals surface area contributed by atoms with E-state index in [4.69, 9.17) is 9.94 Å². The van der Waals surface area contributed by atoms with Gasteiger partial charge in [-0.05, 0) is 34.9 Å². The largest absolute Gasteiger partial charge is 0.379 e. The van der Waals surface area contributed by atoms with Gasteiger partial charge in [-0.3, -0.25) is 19.9 Å². The number of pyridine rings is 1. The van der Waals surface area contributed by atoms with Gasteiger partial charge in [0.2, 0.25) is 0 Å². The Hall–Kier alpha value is -3.98. The van der Waals surface area contributed by atoms with E-state index >= 15 is 0 Å². The van der Waals surface area contributed by atoms with Crippen molar-refractivity contribution in [1.29, 1.82) is 0 Å². The lowest BCUT2D eigenvalue weighted by molar-refractivity contribution is 0.0342. The second-order valence-corrected chi connectivity index (χ2v) is 8.31. The third kappa shape index (κ3) is 5.41. The molecule has 5 rings (SSSR count). The molecule has 0 radical (unpaired) electrons. The van der Waals surface area contributed by atoms with E-state index in [2.05, 4.69) is 44.1 Å². The molecule has 1 aliphatic rings. The highest BCUT2D eigenvalue weighted by molar-refractivity contribution is 5.93. The van der Waals surface area contributed by atoms with E-state index in [0.717, 1.165) is 49.5 Å². The molecule has 1 amide bonds. The molecule has 0 unspecified atom stereocenters. The first-order valence-electron chi connectivity index (χ1n) is 11.4. The molecule has 0 spiro atoms. The molecular formula is C27H25N5O3. The highest BCUT2D eigenvalue weighted by Crippen LogP contribution is 2.26. The van der Waals surface area contributed by atoms with Gasteiger partial charge in [0.1, 0.15) is 5.69 Å². The quantitative estimate of drug-likeness (QED) is 0.328. The molecule has 1 saturated heterocycles. The minimum Gasteiger partial charge on any atom is -0.379 e. The van der Waals surface area contributed by atoms with Gasteiger partial charge in [0.15, 0.2) is 5.82 Å². The monoisotopic (exact) mass is 467 g/mol. The van der Waals surface area contributed by atoms with Crippen LogP contribution in [0, 0.1) is 0 Å². The molecule has 3 heterocycles. The standard InChI is InChI=1S/C27H25N5O3/c33-27(31-34)25-16-24(29-26(30-25)23-2-1-11-28-17-23)22-9-7-21(8-10-22)20-5-3-19(4-6-20)18-32-12-14-35-15-13-32/h1-11,16-17,34H,12-15,18H2,(H,31,33). The fourth-order valence-electron chi connectivity index (χ4n) is 4.05. The van der Waals surface area contributed by atoms with Crippen LogP contribution in [0.4, 0.5) is 0 Å². The third-order valence-electron chi connectivity index (χ3n) is 5.96. The molecule has 2 N–H and O–H groups in total. The molecule has 4 aromatic rings. The molecule has 2 aromatic carbocycles. The Kier molecular flexibility index (Phi) is 6.85. The minimum absolute atomic E-state index is 0.0660. The van der Waals surface area contributed by atoms with E-state index in [9.17, 15) is 4.79 Å².